The van der Waals surface area contributed by atoms with E-state index in [2.05, 4.69) is 33.2 Å². The van der Waals surface area contributed by atoms with Gasteiger partial charge in [-0.05, 0) is 45.7 Å². The predicted octanol–water partition coefficient (Wildman–Crippen LogP) is 3.98. The first kappa shape index (κ1) is 28.0. The molecular weight excluding hydrogens is 521 g/mol. The lowest BCUT2D eigenvalue weighted by atomic mass is 9.90. The Bertz CT molecular complexity index is 779. The van der Waals surface area contributed by atoms with Crippen molar-refractivity contribution in [1.82, 2.24) is 16.0 Å². The fourth-order valence-corrected chi connectivity index (χ4v) is 3.48. The van der Waals surface area contributed by atoms with Crippen molar-refractivity contribution < 1.29 is 14.3 Å². The number of hydrogen-bond acceptors (Lipinski definition) is 4. The molecule has 8 nitrogen and oxygen atoms in total. The second-order valence-electron chi connectivity index (χ2n) is 8.77. The molecule has 0 saturated heterocycles. The number of fused-ring (bicyclic) bond motifs is 1. The van der Waals surface area contributed by atoms with Crippen LogP contribution in [0.3, 0.4) is 0 Å². The molecule has 0 radical (unpaired) electrons. The van der Waals surface area contributed by atoms with Gasteiger partial charge in [-0.3, -0.25) is 9.79 Å². The molecule has 1 aliphatic rings. The predicted molar refractivity (Wildman–Crippen MR) is 140 cm³/mol. The molecule has 4 N–H and O–H groups in total. The molecule has 0 spiro atoms. The van der Waals surface area contributed by atoms with E-state index in [1.165, 1.54) is 0 Å². The number of carbonyl (C=O) groups is 2. The largest absolute Gasteiger partial charge is 0.444 e. The number of nitrogens with zero attached hydrogens (tertiary/aromatic N) is 1. The molecule has 9 heteroatoms. The third-order valence-corrected chi connectivity index (χ3v) is 4.79. The van der Waals surface area contributed by atoms with Gasteiger partial charge in [0.05, 0.1) is 12.6 Å². The lowest BCUT2D eigenvalue weighted by Gasteiger charge is -2.26. The molecule has 2 amide bonds. The van der Waals surface area contributed by atoms with E-state index in [0.29, 0.717) is 32.0 Å². The van der Waals surface area contributed by atoms with Crippen LogP contribution in [-0.2, 0) is 9.53 Å². The number of guanidine groups is 1. The molecule has 0 aliphatic carbocycles. The van der Waals surface area contributed by atoms with Gasteiger partial charge >= 0.3 is 6.09 Å². The lowest BCUT2D eigenvalue weighted by Crippen LogP contribution is -2.43. The van der Waals surface area contributed by atoms with Crippen LogP contribution in [0, 0.1) is 0 Å². The van der Waals surface area contributed by atoms with Crippen LogP contribution in [0.5, 0.6) is 0 Å². The summed E-state index contributed by atoms with van der Waals surface area (Å²) >= 11 is 0. The van der Waals surface area contributed by atoms with Crippen molar-refractivity contribution in [1.29, 1.82) is 0 Å². The number of para-hydroxylation sites is 1. The Hall–Kier alpha value is -2.04. The summed E-state index contributed by atoms with van der Waals surface area (Å²) in [4.78, 5) is 28.9. The summed E-state index contributed by atoms with van der Waals surface area (Å²) in [5.74, 6) is 0.759. The number of nitrogens with one attached hydrogen (secondary N) is 4. The van der Waals surface area contributed by atoms with E-state index in [0.717, 1.165) is 24.1 Å². The van der Waals surface area contributed by atoms with Crippen LogP contribution in [-0.4, -0.2) is 49.2 Å². The third kappa shape index (κ3) is 9.62. The highest BCUT2D eigenvalue weighted by Gasteiger charge is 2.25. The van der Waals surface area contributed by atoms with E-state index in [4.69, 9.17) is 4.74 Å². The number of carbonyl (C=O) groups excluding carboxylic acids is 2. The molecule has 32 heavy (non-hydrogen) atoms. The zero-order chi connectivity index (χ0) is 22.9. The smallest absolute Gasteiger partial charge is 0.407 e. The Morgan fingerprint density at radius 2 is 1.97 bits per heavy atom. The summed E-state index contributed by atoms with van der Waals surface area (Å²) in [5, 5.41) is 12.4. The molecule has 1 aromatic carbocycles. The normalized spacial score (nSPS) is 16.7. The third-order valence-electron chi connectivity index (χ3n) is 4.79. The highest BCUT2D eigenvalue weighted by Crippen LogP contribution is 2.31. The molecule has 0 aromatic heterocycles. The van der Waals surface area contributed by atoms with Gasteiger partial charge in [0.25, 0.3) is 0 Å². The van der Waals surface area contributed by atoms with Crippen LogP contribution >= 0.6 is 24.0 Å². The Morgan fingerprint density at radius 3 is 2.62 bits per heavy atom. The fourth-order valence-electron chi connectivity index (χ4n) is 3.48. The van der Waals surface area contributed by atoms with Crippen molar-refractivity contribution in [2.45, 2.75) is 71.4 Å². The fraction of sp³-hybridized carbons (Fsp3) is 0.609. The molecule has 2 unspecified atom stereocenters. The van der Waals surface area contributed by atoms with Gasteiger partial charge in [0, 0.05) is 31.1 Å². The van der Waals surface area contributed by atoms with E-state index in [1.54, 1.807) is 0 Å². The first-order chi connectivity index (χ1) is 14.7. The minimum absolute atomic E-state index is 0. The maximum Gasteiger partial charge on any atom is 0.407 e. The number of amides is 2. The molecule has 180 valence electrons. The minimum Gasteiger partial charge on any atom is -0.444 e. The standard InChI is InChI=1S/C23H37N5O3.HI/c1-6-10-17(27-22(30)31-23(3,4)5)15-26-21(24-7-2)25-14-16-13-20(29)28-19-12-9-8-11-18(16)19;/h8-9,11-12,16-17H,6-7,10,13-15H2,1-5H3,(H,27,30)(H,28,29)(H2,24,25,26);1H. The molecule has 0 saturated carbocycles. The quantitative estimate of drug-likeness (QED) is 0.219. The van der Waals surface area contributed by atoms with Crippen LogP contribution < -0.4 is 21.3 Å². The van der Waals surface area contributed by atoms with Gasteiger partial charge in [0.2, 0.25) is 5.91 Å². The van der Waals surface area contributed by atoms with E-state index in [9.17, 15) is 9.59 Å². The van der Waals surface area contributed by atoms with Crippen molar-refractivity contribution in [3.8, 4) is 0 Å². The van der Waals surface area contributed by atoms with Gasteiger partial charge in [-0.2, -0.15) is 0 Å². The van der Waals surface area contributed by atoms with E-state index >= 15 is 0 Å². The van der Waals surface area contributed by atoms with E-state index in [1.807, 2.05) is 52.0 Å². The Kier molecular flexibility index (Phi) is 11.8. The molecule has 1 aromatic rings. The zero-order valence-electron chi connectivity index (χ0n) is 19.8. The number of aliphatic imine (C=N–C) groups is 1. The van der Waals surface area contributed by atoms with Crippen LogP contribution in [0.2, 0.25) is 0 Å². The molecular formula is C23H38IN5O3. The van der Waals surface area contributed by atoms with Gasteiger partial charge in [-0.1, -0.05) is 31.5 Å². The van der Waals surface area contributed by atoms with Crippen molar-refractivity contribution in [3.63, 3.8) is 0 Å². The summed E-state index contributed by atoms with van der Waals surface area (Å²) < 4.78 is 5.37. The SMILES string of the molecule is CCCC(CN=C(NCC)NCC1CC(=O)Nc2ccccc21)NC(=O)OC(C)(C)C.I. The monoisotopic (exact) mass is 559 g/mol. The van der Waals surface area contributed by atoms with Gasteiger partial charge in [-0.15, -0.1) is 24.0 Å². The second kappa shape index (κ2) is 13.5. The van der Waals surface area contributed by atoms with Gasteiger partial charge in [-0.25, -0.2) is 4.79 Å². The highest BCUT2D eigenvalue weighted by molar-refractivity contribution is 14.0. The molecule has 1 aliphatic heterocycles. The molecule has 2 rings (SSSR count). The lowest BCUT2D eigenvalue weighted by molar-refractivity contribution is -0.116. The molecule has 0 fully saturated rings. The topological polar surface area (TPSA) is 104 Å². The Balaban J connectivity index is 0.00000512. The maximum absolute atomic E-state index is 12.1. The van der Waals surface area contributed by atoms with Crippen molar-refractivity contribution in [2.75, 3.05) is 25.0 Å². The number of rotatable bonds is 8. The van der Waals surface area contributed by atoms with Crippen molar-refractivity contribution in [3.05, 3.63) is 29.8 Å². The average molecular weight is 559 g/mol. The van der Waals surface area contributed by atoms with Crippen LogP contribution in [0.4, 0.5) is 10.5 Å². The summed E-state index contributed by atoms with van der Waals surface area (Å²) in [6, 6.07) is 7.77. The summed E-state index contributed by atoms with van der Waals surface area (Å²) in [7, 11) is 0. The number of benzene rings is 1. The van der Waals surface area contributed by atoms with Gasteiger partial charge < -0.3 is 26.0 Å². The second-order valence-corrected chi connectivity index (χ2v) is 8.77. The maximum atomic E-state index is 12.1. The number of anilines is 1. The Morgan fingerprint density at radius 1 is 1.25 bits per heavy atom. The summed E-state index contributed by atoms with van der Waals surface area (Å²) in [6.45, 7) is 11.3. The highest BCUT2D eigenvalue weighted by atomic mass is 127. The number of halogens is 1. The first-order valence-corrected chi connectivity index (χ1v) is 11.1. The zero-order valence-corrected chi connectivity index (χ0v) is 22.1. The summed E-state index contributed by atoms with van der Waals surface area (Å²) in [5.41, 5.74) is 1.46. The van der Waals surface area contributed by atoms with Crippen LogP contribution in [0.25, 0.3) is 0 Å². The first-order valence-electron chi connectivity index (χ1n) is 11.1. The minimum atomic E-state index is -0.539. The molecule has 1 heterocycles. The van der Waals surface area contributed by atoms with Gasteiger partial charge in [0.1, 0.15) is 5.60 Å². The number of ether oxygens (including phenoxy) is 1. The van der Waals surface area contributed by atoms with Crippen molar-refractivity contribution >= 4 is 47.6 Å². The number of alkyl carbamates (subject to hydrolysis) is 1. The van der Waals surface area contributed by atoms with Crippen LogP contribution in [0.1, 0.15) is 65.4 Å². The molecule has 2 atom stereocenters. The number of hydrogen-bond donors (Lipinski definition) is 4. The average Bonchev–Trinajstić information content (AvgIpc) is 2.68. The summed E-state index contributed by atoms with van der Waals surface area (Å²) in [6.07, 6.45) is 1.73. The molecule has 0 bridgehead atoms. The van der Waals surface area contributed by atoms with Crippen molar-refractivity contribution in [2.24, 2.45) is 4.99 Å². The van der Waals surface area contributed by atoms with Crippen LogP contribution in [0.15, 0.2) is 29.3 Å². The van der Waals surface area contributed by atoms with E-state index < -0.39 is 11.7 Å². The van der Waals surface area contributed by atoms with E-state index in [-0.39, 0.29) is 41.8 Å². The Labute approximate surface area is 208 Å². The van der Waals surface area contributed by atoms with Gasteiger partial charge in [0.15, 0.2) is 5.96 Å².